The molecule has 0 spiro atoms. The summed E-state index contributed by atoms with van der Waals surface area (Å²) < 4.78 is 11.2. The van der Waals surface area contributed by atoms with E-state index in [0.29, 0.717) is 17.2 Å². The Balaban J connectivity index is 1.47. The molecule has 148 valence electrons. The monoisotopic (exact) mass is 390 g/mol. The van der Waals surface area contributed by atoms with Crippen LogP contribution < -0.4 is 15.0 Å². The highest BCUT2D eigenvalue weighted by Gasteiger charge is 2.31. The minimum Gasteiger partial charge on any atom is -0.479 e. The molecule has 0 fully saturated rings. The summed E-state index contributed by atoms with van der Waals surface area (Å²) in [6.45, 7) is 1.99. The van der Waals surface area contributed by atoms with Gasteiger partial charge in [-0.2, -0.15) is 0 Å². The summed E-state index contributed by atoms with van der Waals surface area (Å²) in [6, 6.07) is 20.3. The van der Waals surface area contributed by atoms with E-state index in [9.17, 15) is 9.59 Å². The van der Waals surface area contributed by atoms with Gasteiger partial charge >= 0.3 is 0 Å². The fourth-order valence-electron chi connectivity index (χ4n) is 3.46. The molecule has 6 heteroatoms. The fourth-order valence-corrected chi connectivity index (χ4v) is 3.46. The molecule has 2 heterocycles. The van der Waals surface area contributed by atoms with Gasteiger partial charge in [0.2, 0.25) is 5.91 Å². The van der Waals surface area contributed by atoms with Crippen LogP contribution in [0.2, 0.25) is 0 Å². The largest absolute Gasteiger partial charge is 0.479 e. The number of ether oxygens (including phenoxy) is 1. The zero-order chi connectivity index (χ0) is 20.2. The average Bonchev–Trinajstić information content (AvgIpc) is 3.27. The van der Waals surface area contributed by atoms with Crippen LogP contribution in [0.15, 0.2) is 77.4 Å². The standard InChI is InChI=1S/C23H22N2O4/c1-16-23(27)25(18-10-5-6-11-19(18)29-16)14-13-21(26)24-22(20-12-7-15-28-20)17-8-3-2-4-9-17/h2-12,15-16,22H,13-14H2,1H3,(H,24,26). The summed E-state index contributed by atoms with van der Waals surface area (Å²) in [5.41, 5.74) is 1.62. The SMILES string of the molecule is CC1Oc2ccccc2N(CCC(=O)NC(c2ccccc2)c2ccco2)C1=O. The lowest BCUT2D eigenvalue weighted by molar-refractivity contribution is -0.125. The van der Waals surface area contributed by atoms with Crippen molar-refractivity contribution in [3.05, 3.63) is 84.3 Å². The minimum atomic E-state index is -0.576. The Labute approximate surface area is 169 Å². The molecule has 1 aromatic heterocycles. The molecule has 29 heavy (non-hydrogen) atoms. The molecule has 0 radical (unpaired) electrons. The number of rotatable bonds is 6. The van der Waals surface area contributed by atoms with E-state index in [1.165, 1.54) is 0 Å². The van der Waals surface area contributed by atoms with Crippen molar-refractivity contribution in [3.8, 4) is 5.75 Å². The number of hydrogen-bond donors (Lipinski definition) is 1. The third-order valence-electron chi connectivity index (χ3n) is 4.90. The maximum Gasteiger partial charge on any atom is 0.267 e. The number of fused-ring (bicyclic) bond motifs is 1. The molecular formula is C23H22N2O4. The zero-order valence-electron chi connectivity index (χ0n) is 16.1. The van der Waals surface area contributed by atoms with Gasteiger partial charge in [0, 0.05) is 13.0 Å². The summed E-state index contributed by atoms with van der Waals surface area (Å²) in [4.78, 5) is 26.9. The van der Waals surface area contributed by atoms with Crippen LogP contribution in [-0.2, 0) is 9.59 Å². The number of carbonyl (C=O) groups excluding carboxylic acids is 2. The quantitative estimate of drug-likeness (QED) is 0.697. The first-order chi connectivity index (χ1) is 14.1. The van der Waals surface area contributed by atoms with Crippen molar-refractivity contribution in [2.45, 2.75) is 25.5 Å². The second-order valence-electron chi connectivity index (χ2n) is 6.89. The number of hydrogen-bond acceptors (Lipinski definition) is 4. The van der Waals surface area contributed by atoms with Crippen LogP contribution in [0.1, 0.15) is 30.7 Å². The molecular weight excluding hydrogens is 368 g/mol. The van der Waals surface area contributed by atoms with Crippen molar-refractivity contribution in [2.24, 2.45) is 0 Å². The summed E-state index contributed by atoms with van der Waals surface area (Å²) >= 11 is 0. The highest BCUT2D eigenvalue weighted by atomic mass is 16.5. The summed E-state index contributed by atoms with van der Waals surface area (Å²) in [6.07, 6.45) is 1.17. The molecule has 0 saturated heterocycles. The zero-order valence-corrected chi connectivity index (χ0v) is 16.1. The van der Waals surface area contributed by atoms with Gasteiger partial charge in [0.15, 0.2) is 6.10 Å². The number of amides is 2. The van der Waals surface area contributed by atoms with Crippen molar-refractivity contribution in [1.29, 1.82) is 0 Å². The van der Waals surface area contributed by atoms with Gasteiger partial charge in [0.25, 0.3) is 5.91 Å². The number of anilines is 1. The fraction of sp³-hybridized carbons (Fsp3) is 0.217. The van der Waals surface area contributed by atoms with E-state index in [1.54, 1.807) is 24.2 Å². The van der Waals surface area contributed by atoms with Gasteiger partial charge in [-0.1, -0.05) is 42.5 Å². The number of nitrogens with zero attached hydrogens (tertiary/aromatic N) is 1. The average molecular weight is 390 g/mol. The van der Waals surface area contributed by atoms with Crippen LogP contribution in [0, 0.1) is 0 Å². The molecule has 0 bridgehead atoms. The Morgan fingerprint density at radius 1 is 1.07 bits per heavy atom. The van der Waals surface area contributed by atoms with Gasteiger partial charge in [-0.15, -0.1) is 0 Å². The van der Waals surface area contributed by atoms with Crippen LogP contribution >= 0.6 is 0 Å². The smallest absolute Gasteiger partial charge is 0.267 e. The number of carbonyl (C=O) groups is 2. The van der Waals surface area contributed by atoms with Gasteiger partial charge in [-0.05, 0) is 36.8 Å². The lowest BCUT2D eigenvalue weighted by Crippen LogP contribution is -2.46. The predicted octanol–water partition coefficient (Wildman–Crippen LogP) is 3.69. The molecule has 1 aliphatic heterocycles. The normalized spacial score (nSPS) is 16.7. The molecule has 4 rings (SSSR count). The van der Waals surface area contributed by atoms with Crippen molar-refractivity contribution in [3.63, 3.8) is 0 Å². The molecule has 2 unspecified atom stereocenters. The number of furan rings is 1. The molecule has 2 amide bonds. The first-order valence-electron chi connectivity index (χ1n) is 9.58. The van der Waals surface area contributed by atoms with Gasteiger partial charge < -0.3 is 19.4 Å². The second kappa shape index (κ2) is 8.22. The third kappa shape index (κ3) is 4.01. The van der Waals surface area contributed by atoms with E-state index < -0.39 is 6.10 Å². The van der Waals surface area contributed by atoms with E-state index in [4.69, 9.17) is 9.15 Å². The van der Waals surface area contributed by atoms with Crippen LogP contribution in [-0.4, -0.2) is 24.5 Å². The molecule has 2 aromatic carbocycles. The summed E-state index contributed by atoms with van der Waals surface area (Å²) in [7, 11) is 0. The lowest BCUT2D eigenvalue weighted by Gasteiger charge is -2.33. The van der Waals surface area contributed by atoms with Gasteiger partial charge in [0.1, 0.15) is 17.6 Å². The Morgan fingerprint density at radius 3 is 2.59 bits per heavy atom. The Bertz CT molecular complexity index is 985. The molecule has 6 nitrogen and oxygen atoms in total. The molecule has 2 atom stereocenters. The minimum absolute atomic E-state index is 0.151. The molecule has 1 aliphatic rings. The summed E-state index contributed by atoms with van der Waals surface area (Å²) in [5, 5.41) is 3.02. The number of nitrogens with one attached hydrogen (secondary N) is 1. The van der Waals surface area contributed by atoms with E-state index in [1.807, 2.05) is 60.7 Å². The van der Waals surface area contributed by atoms with Crippen LogP contribution in [0.5, 0.6) is 5.75 Å². The molecule has 0 aliphatic carbocycles. The van der Waals surface area contributed by atoms with E-state index in [0.717, 1.165) is 5.56 Å². The Hall–Kier alpha value is -3.54. The second-order valence-corrected chi connectivity index (χ2v) is 6.89. The van der Waals surface area contributed by atoms with E-state index in [2.05, 4.69) is 5.32 Å². The lowest BCUT2D eigenvalue weighted by atomic mass is 10.0. The van der Waals surface area contributed by atoms with E-state index in [-0.39, 0.29) is 30.8 Å². The Morgan fingerprint density at radius 2 is 1.83 bits per heavy atom. The van der Waals surface area contributed by atoms with Crippen LogP contribution in [0.4, 0.5) is 5.69 Å². The number of benzene rings is 2. The van der Waals surface area contributed by atoms with Gasteiger partial charge in [0.05, 0.1) is 12.0 Å². The Kier molecular flexibility index (Phi) is 5.33. The van der Waals surface area contributed by atoms with Crippen molar-refractivity contribution < 1.29 is 18.7 Å². The maximum atomic E-state index is 12.7. The number of para-hydroxylation sites is 2. The molecule has 3 aromatic rings. The first-order valence-corrected chi connectivity index (χ1v) is 9.58. The van der Waals surface area contributed by atoms with Crippen molar-refractivity contribution in [2.75, 3.05) is 11.4 Å². The topological polar surface area (TPSA) is 71.8 Å². The predicted molar refractivity (Wildman–Crippen MR) is 109 cm³/mol. The van der Waals surface area contributed by atoms with E-state index >= 15 is 0 Å². The summed E-state index contributed by atoms with van der Waals surface area (Å²) in [5.74, 6) is 0.991. The maximum absolute atomic E-state index is 12.7. The highest BCUT2D eigenvalue weighted by molar-refractivity contribution is 6.00. The van der Waals surface area contributed by atoms with Crippen LogP contribution in [0.25, 0.3) is 0 Å². The van der Waals surface area contributed by atoms with Gasteiger partial charge in [-0.3, -0.25) is 9.59 Å². The highest BCUT2D eigenvalue weighted by Crippen LogP contribution is 2.33. The molecule has 0 saturated carbocycles. The first kappa shape index (κ1) is 18.8. The van der Waals surface area contributed by atoms with Crippen molar-refractivity contribution >= 4 is 17.5 Å². The van der Waals surface area contributed by atoms with Gasteiger partial charge in [-0.25, -0.2) is 0 Å². The van der Waals surface area contributed by atoms with Crippen molar-refractivity contribution in [1.82, 2.24) is 5.32 Å². The third-order valence-corrected chi connectivity index (χ3v) is 4.90. The van der Waals surface area contributed by atoms with Crippen LogP contribution in [0.3, 0.4) is 0 Å². The molecule has 1 N–H and O–H groups in total.